The van der Waals surface area contributed by atoms with Crippen LogP contribution in [0.5, 0.6) is 5.75 Å². The predicted octanol–water partition coefficient (Wildman–Crippen LogP) is 3.17. The van der Waals surface area contributed by atoms with Gasteiger partial charge in [-0.05, 0) is 31.0 Å². The Labute approximate surface area is 159 Å². The highest BCUT2D eigenvalue weighted by Crippen LogP contribution is 2.28. The highest BCUT2D eigenvalue weighted by Gasteiger charge is 2.28. The van der Waals surface area contributed by atoms with Crippen LogP contribution < -0.4 is 10.1 Å². The van der Waals surface area contributed by atoms with Gasteiger partial charge in [-0.3, -0.25) is 9.48 Å². The summed E-state index contributed by atoms with van der Waals surface area (Å²) >= 11 is 0. The number of benzene rings is 2. The molecule has 1 atom stereocenters. The summed E-state index contributed by atoms with van der Waals surface area (Å²) in [6, 6.07) is 18.1. The number of carbonyl (C=O) groups is 1. The minimum absolute atomic E-state index is 0.0826. The van der Waals surface area contributed by atoms with Crippen molar-refractivity contribution in [2.24, 2.45) is 0 Å². The molecule has 0 aliphatic carbocycles. The molecule has 0 saturated carbocycles. The molecule has 0 bridgehead atoms. The van der Waals surface area contributed by atoms with Gasteiger partial charge in [0.05, 0.1) is 12.2 Å². The van der Waals surface area contributed by atoms with Gasteiger partial charge in [0, 0.05) is 24.2 Å². The standard InChI is InChI=1S/C22H23N3O2/c1-15-19(16(2)25(24-15)14-17-8-4-3-5-9-17)13-23-22(26)21-12-18-10-6-7-11-20(18)27-21/h3-11,21H,12-14H2,1-2H3,(H,23,26)/t21-/m0/s1. The molecule has 1 N–H and O–H groups in total. The van der Waals surface area contributed by atoms with E-state index in [9.17, 15) is 4.79 Å². The molecule has 1 amide bonds. The van der Waals surface area contributed by atoms with Gasteiger partial charge in [0.1, 0.15) is 5.75 Å². The lowest BCUT2D eigenvalue weighted by Crippen LogP contribution is -2.37. The number of hydrogen-bond donors (Lipinski definition) is 1. The van der Waals surface area contributed by atoms with Crippen molar-refractivity contribution in [3.63, 3.8) is 0 Å². The van der Waals surface area contributed by atoms with Gasteiger partial charge in [0.2, 0.25) is 0 Å². The zero-order chi connectivity index (χ0) is 18.8. The zero-order valence-electron chi connectivity index (χ0n) is 15.6. The minimum Gasteiger partial charge on any atom is -0.480 e. The Balaban J connectivity index is 1.41. The smallest absolute Gasteiger partial charge is 0.261 e. The van der Waals surface area contributed by atoms with E-state index in [1.807, 2.05) is 61.0 Å². The predicted molar refractivity (Wildman–Crippen MR) is 104 cm³/mol. The Bertz CT molecular complexity index is 938. The first kappa shape index (κ1) is 17.3. The number of fused-ring (bicyclic) bond motifs is 1. The van der Waals surface area contributed by atoms with E-state index in [-0.39, 0.29) is 5.91 Å². The second-order valence-electron chi connectivity index (χ2n) is 6.93. The maximum absolute atomic E-state index is 12.5. The van der Waals surface area contributed by atoms with Gasteiger partial charge in [-0.15, -0.1) is 0 Å². The van der Waals surface area contributed by atoms with Crippen molar-refractivity contribution in [2.45, 2.75) is 39.5 Å². The number of amides is 1. The van der Waals surface area contributed by atoms with E-state index in [1.165, 1.54) is 5.56 Å². The number of ether oxygens (including phenoxy) is 1. The molecule has 0 unspecified atom stereocenters. The Morgan fingerprint density at radius 2 is 1.89 bits per heavy atom. The van der Waals surface area contributed by atoms with Gasteiger partial charge in [0.25, 0.3) is 5.91 Å². The molecule has 5 heteroatoms. The maximum Gasteiger partial charge on any atom is 0.261 e. The number of para-hydroxylation sites is 1. The Morgan fingerprint density at radius 3 is 2.67 bits per heavy atom. The average molecular weight is 361 g/mol. The first-order chi connectivity index (χ1) is 13.1. The van der Waals surface area contributed by atoms with Gasteiger partial charge in [0.15, 0.2) is 6.10 Å². The number of aromatic nitrogens is 2. The third-order valence-corrected chi connectivity index (χ3v) is 5.09. The average Bonchev–Trinajstić information content (AvgIpc) is 3.22. The quantitative estimate of drug-likeness (QED) is 0.759. The van der Waals surface area contributed by atoms with Crippen molar-refractivity contribution in [3.8, 4) is 5.75 Å². The summed E-state index contributed by atoms with van der Waals surface area (Å²) in [5, 5.41) is 7.66. The van der Waals surface area contributed by atoms with Gasteiger partial charge < -0.3 is 10.1 Å². The van der Waals surface area contributed by atoms with Crippen molar-refractivity contribution in [1.29, 1.82) is 0 Å². The summed E-state index contributed by atoms with van der Waals surface area (Å²) in [6.45, 7) is 5.22. The second kappa shape index (κ2) is 7.27. The number of aryl methyl sites for hydroxylation is 1. The van der Waals surface area contributed by atoms with Crippen LogP contribution in [-0.4, -0.2) is 21.8 Å². The van der Waals surface area contributed by atoms with Crippen LogP contribution in [0.15, 0.2) is 54.6 Å². The number of nitrogens with one attached hydrogen (secondary N) is 1. The maximum atomic E-state index is 12.5. The third kappa shape index (κ3) is 3.58. The highest BCUT2D eigenvalue weighted by molar-refractivity contribution is 5.82. The van der Waals surface area contributed by atoms with Crippen LogP contribution in [0.25, 0.3) is 0 Å². The van der Waals surface area contributed by atoms with Crippen LogP contribution in [0, 0.1) is 13.8 Å². The molecule has 138 valence electrons. The number of carbonyl (C=O) groups excluding carboxylic acids is 1. The van der Waals surface area contributed by atoms with Crippen molar-refractivity contribution < 1.29 is 9.53 Å². The van der Waals surface area contributed by atoms with Gasteiger partial charge >= 0.3 is 0 Å². The summed E-state index contributed by atoms with van der Waals surface area (Å²) < 4.78 is 7.76. The third-order valence-electron chi connectivity index (χ3n) is 5.09. The first-order valence-electron chi connectivity index (χ1n) is 9.21. The summed E-state index contributed by atoms with van der Waals surface area (Å²) in [5.74, 6) is 0.724. The molecule has 2 heterocycles. The van der Waals surface area contributed by atoms with Crippen LogP contribution in [0.2, 0.25) is 0 Å². The molecule has 1 aliphatic heterocycles. The van der Waals surface area contributed by atoms with E-state index in [0.29, 0.717) is 13.0 Å². The lowest BCUT2D eigenvalue weighted by molar-refractivity contribution is -0.127. The molecular formula is C22H23N3O2. The fourth-order valence-electron chi connectivity index (χ4n) is 3.52. The van der Waals surface area contributed by atoms with Crippen molar-refractivity contribution in [1.82, 2.24) is 15.1 Å². The Kier molecular flexibility index (Phi) is 4.67. The molecule has 27 heavy (non-hydrogen) atoms. The monoisotopic (exact) mass is 361 g/mol. The van der Waals surface area contributed by atoms with Gasteiger partial charge in [-0.1, -0.05) is 48.5 Å². The normalized spacial score (nSPS) is 15.3. The van der Waals surface area contributed by atoms with E-state index >= 15 is 0 Å². The molecule has 4 rings (SSSR count). The van der Waals surface area contributed by atoms with Gasteiger partial charge in [-0.25, -0.2) is 0 Å². The molecule has 1 aromatic heterocycles. The van der Waals surface area contributed by atoms with Crippen molar-refractivity contribution in [3.05, 3.63) is 82.7 Å². The number of rotatable bonds is 5. The Morgan fingerprint density at radius 1 is 1.15 bits per heavy atom. The number of nitrogens with zero attached hydrogens (tertiary/aromatic N) is 2. The van der Waals surface area contributed by atoms with Crippen LogP contribution >= 0.6 is 0 Å². The molecule has 0 spiro atoms. The van der Waals surface area contributed by atoms with Crippen LogP contribution in [0.4, 0.5) is 0 Å². The van der Waals surface area contributed by atoms with E-state index in [0.717, 1.165) is 34.8 Å². The molecule has 1 aliphatic rings. The summed E-state index contributed by atoms with van der Waals surface area (Å²) in [6.07, 6.45) is 0.162. The van der Waals surface area contributed by atoms with Crippen LogP contribution in [0.3, 0.4) is 0 Å². The molecule has 0 radical (unpaired) electrons. The fraction of sp³-hybridized carbons (Fsp3) is 0.273. The molecule has 5 nitrogen and oxygen atoms in total. The minimum atomic E-state index is -0.456. The summed E-state index contributed by atoms with van der Waals surface area (Å²) in [7, 11) is 0. The van der Waals surface area contributed by atoms with Crippen molar-refractivity contribution in [2.75, 3.05) is 0 Å². The summed E-state index contributed by atoms with van der Waals surface area (Å²) in [4.78, 5) is 12.5. The van der Waals surface area contributed by atoms with E-state index < -0.39 is 6.10 Å². The molecule has 0 fully saturated rings. The number of hydrogen-bond acceptors (Lipinski definition) is 3. The highest BCUT2D eigenvalue weighted by atomic mass is 16.5. The SMILES string of the molecule is Cc1nn(Cc2ccccc2)c(C)c1CNC(=O)[C@@H]1Cc2ccccc2O1. The summed E-state index contributed by atoms with van der Waals surface area (Å²) in [5.41, 5.74) is 5.37. The fourth-order valence-corrected chi connectivity index (χ4v) is 3.52. The lowest BCUT2D eigenvalue weighted by atomic mass is 10.1. The molecular weight excluding hydrogens is 338 g/mol. The largest absolute Gasteiger partial charge is 0.480 e. The van der Waals surface area contributed by atoms with Crippen LogP contribution in [-0.2, 0) is 24.3 Å². The van der Waals surface area contributed by atoms with E-state index in [4.69, 9.17) is 4.74 Å². The lowest BCUT2D eigenvalue weighted by Gasteiger charge is -2.12. The van der Waals surface area contributed by atoms with Gasteiger partial charge in [-0.2, -0.15) is 5.10 Å². The van der Waals surface area contributed by atoms with Crippen LogP contribution in [0.1, 0.15) is 28.1 Å². The molecule has 0 saturated heterocycles. The van der Waals surface area contributed by atoms with E-state index in [1.54, 1.807) is 0 Å². The van der Waals surface area contributed by atoms with Crippen molar-refractivity contribution >= 4 is 5.91 Å². The van der Waals surface area contributed by atoms with E-state index in [2.05, 4.69) is 22.5 Å². The topological polar surface area (TPSA) is 56.2 Å². The molecule has 3 aromatic rings. The first-order valence-corrected chi connectivity index (χ1v) is 9.21. The molecule has 2 aromatic carbocycles. The second-order valence-corrected chi connectivity index (χ2v) is 6.93. The zero-order valence-corrected chi connectivity index (χ0v) is 15.6. The Hall–Kier alpha value is -3.08.